The van der Waals surface area contributed by atoms with Crippen LogP contribution in [0, 0.1) is 0 Å². The van der Waals surface area contributed by atoms with E-state index in [1.807, 2.05) is 24.3 Å². The Labute approximate surface area is 83.2 Å². The number of alkyl halides is 1. The number of hydrogen-bond acceptors (Lipinski definition) is 1. The largest absolute Gasteiger partial charge is 0.323 e. The molecule has 1 aromatic rings. The van der Waals surface area contributed by atoms with Crippen molar-refractivity contribution in [2.24, 2.45) is 5.73 Å². The Morgan fingerprint density at radius 1 is 1.27 bits per heavy atom. The minimum Gasteiger partial charge on any atom is -0.323 e. The molecule has 0 saturated carbocycles. The van der Waals surface area contributed by atoms with Crippen molar-refractivity contribution < 1.29 is 0 Å². The molecule has 1 atom stereocenters. The maximum Gasteiger partial charge on any atom is 0.0393 e. The fourth-order valence-electron chi connectivity index (χ4n) is 0.799. The summed E-state index contributed by atoms with van der Waals surface area (Å²) in [6.45, 7) is 0. The number of benzene rings is 1. The fourth-order valence-corrected chi connectivity index (χ4v) is 1.44. The Kier molecular flexibility index (Phi) is 3.55. The Morgan fingerprint density at radius 2 is 1.82 bits per heavy atom. The SMILES string of the molecule is NC(CBr)c1ccc(Br)cc1. The van der Waals surface area contributed by atoms with E-state index in [0.717, 1.165) is 15.4 Å². The quantitative estimate of drug-likeness (QED) is 0.828. The summed E-state index contributed by atoms with van der Waals surface area (Å²) in [5.41, 5.74) is 6.94. The summed E-state index contributed by atoms with van der Waals surface area (Å²) in [6, 6.07) is 8.14. The molecule has 1 nitrogen and oxygen atoms in total. The molecule has 1 unspecified atom stereocenters. The van der Waals surface area contributed by atoms with Gasteiger partial charge in [0.1, 0.15) is 0 Å². The Balaban J connectivity index is 2.81. The molecular formula is C8H9Br2N. The molecule has 0 heterocycles. The van der Waals surface area contributed by atoms with E-state index in [1.165, 1.54) is 0 Å². The first-order valence-electron chi connectivity index (χ1n) is 3.31. The van der Waals surface area contributed by atoms with Crippen molar-refractivity contribution in [3.63, 3.8) is 0 Å². The van der Waals surface area contributed by atoms with Crippen LogP contribution in [0.5, 0.6) is 0 Å². The number of hydrogen-bond donors (Lipinski definition) is 1. The Morgan fingerprint density at radius 3 is 2.27 bits per heavy atom. The zero-order valence-electron chi connectivity index (χ0n) is 5.93. The molecule has 3 heteroatoms. The summed E-state index contributed by atoms with van der Waals surface area (Å²) >= 11 is 6.70. The van der Waals surface area contributed by atoms with Gasteiger partial charge >= 0.3 is 0 Å². The van der Waals surface area contributed by atoms with Gasteiger partial charge in [-0.05, 0) is 17.7 Å². The van der Waals surface area contributed by atoms with Gasteiger partial charge in [0.05, 0.1) is 0 Å². The minimum absolute atomic E-state index is 0.100. The highest BCUT2D eigenvalue weighted by Crippen LogP contribution is 2.16. The third-order valence-electron chi connectivity index (χ3n) is 1.46. The van der Waals surface area contributed by atoms with E-state index in [1.54, 1.807) is 0 Å². The predicted molar refractivity (Wildman–Crippen MR) is 54.9 cm³/mol. The van der Waals surface area contributed by atoms with Gasteiger partial charge in [0.15, 0.2) is 0 Å². The van der Waals surface area contributed by atoms with Crippen molar-refractivity contribution >= 4 is 31.9 Å². The standard InChI is InChI=1S/C8H9Br2N/c9-5-8(11)6-1-3-7(10)4-2-6/h1-4,8H,5,11H2. The van der Waals surface area contributed by atoms with Gasteiger partial charge in [0.2, 0.25) is 0 Å². The van der Waals surface area contributed by atoms with E-state index in [9.17, 15) is 0 Å². The fraction of sp³-hybridized carbons (Fsp3) is 0.250. The average molecular weight is 279 g/mol. The van der Waals surface area contributed by atoms with Gasteiger partial charge < -0.3 is 5.73 Å². The van der Waals surface area contributed by atoms with E-state index in [0.29, 0.717) is 0 Å². The van der Waals surface area contributed by atoms with Crippen molar-refractivity contribution in [1.82, 2.24) is 0 Å². The zero-order valence-corrected chi connectivity index (χ0v) is 9.10. The van der Waals surface area contributed by atoms with E-state index in [2.05, 4.69) is 31.9 Å². The second-order valence-electron chi connectivity index (χ2n) is 2.31. The molecule has 0 spiro atoms. The van der Waals surface area contributed by atoms with Crippen LogP contribution < -0.4 is 5.73 Å². The minimum atomic E-state index is 0.100. The lowest BCUT2D eigenvalue weighted by Gasteiger charge is -2.06. The van der Waals surface area contributed by atoms with E-state index < -0.39 is 0 Å². The highest BCUT2D eigenvalue weighted by atomic mass is 79.9. The topological polar surface area (TPSA) is 26.0 Å². The second-order valence-corrected chi connectivity index (χ2v) is 3.88. The molecule has 0 fully saturated rings. The van der Waals surface area contributed by atoms with Crippen LogP contribution >= 0.6 is 31.9 Å². The predicted octanol–water partition coefficient (Wildman–Crippen LogP) is 2.84. The van der Waals surface area contributed by atoms with Gasteiger partial charge in [0, 0.05) is 15.8 Å². The van der Waals surface area contributed by atoms with E-state index in [-0.39, 0.29) is 6.04 Å². The summed E-state index contributed by atoms with van der Waals surface area (Å²) in [7, 11) is 0. The van der Waals surface area contributed by atoms with E-state index >= 15 is 0 Å². The molecule has 60 valence electrons. The maximum atomic E-state index is 5.78. The molecule has 11 heavy (non-hydrogen) atoms. The summed E-state index contributed by atoms with van der Waals surface area (Å²) in [5.74, 6) is 0. The molecule has 2 N–H and O–H groups in total. The van der Waals surface area contributed by atoms with Crippen molar-refractivity contribution in [2.45, 2.75) is 6.04 Å². The van der Waals surface area contributed by atoms with Gasteiger partial charge in [-0.2, -0.15) is 0 Å². The van der Waals surface area contributed by atoms with Crippen LogP contribution in [0.3, 0.4) is 0 Å². The summed E-state index contributed by atoms with van der Waals surface area (Å²) in [5, 5.41) is 0.800. The van der Waals surface area contributed by atoms with Crippen LogP contribution in [0.4, 0.5) is 0 Å². The Bertz CT molecular complexity index is 220. The van der Waals surface area contributed by atoms with Gasteiger partial charge in [0.25, 0.3) is 0 Å². The lowest BCUT2D eigenvalue weighted by Crippen LogP contribution is -2.10. The third kappa shape index (κ3) is 2.58. The molecule has 0 aliphatic rings. The summed E-state index contributed by atoms with van der Waals surface area (Å²) in [6.07, 6.45) is 0. The molecule has 1 rings (SSSR count). The van der Waals surface area contributed by atoms with Gasteiger partial charge in [-0.1, -0.05) is 44.0 Å². The van der Waals surface area contributed by atoms with Crippen LogP contribution in [0.15, 0.2) is 28.7 Å². The molecular weight excluding hydrogens is 270 g/mol. The first-order valence-corrected chi connectivity index (χ1v) is 5.22. The second kappa shape index (κ2) is 4.24. The molecule has 0 bridgehead atoms. The van der Waals surface area contributed by atoms with Crippen LogP contribution in [0.2, 0.25) is 0 Å². The smallest absolute Gasteiger partial charge is 0.0393 e. The molecule has 0 amide bonds. The van der Waals surface area contributed by atoms with Crippen LogP contribution in [-0.4, -0.2) is 5.33 Å². The van der Waals surface area contributed by atoms with Crippen molar-refractivity contribution in [2.75, 3.05) is 5.33 Å². The average Bonchev–Trinajstić information content (AvgIpc) is 2.05. The molecule has 0 aliphatic heterocycles. The first kappa shape index (κ1) is 9.23. The third-order valence-corrected chi connectivity index (χ3v) is 2.69. The van der Waals surface area contributed by atoms with Gasteiger partial charge in [-0.15, -0.1) is 0 Å². The van der Waals surface area contributed by atoms with Crippen LogP contribution in [0.25, 0.3) is 0 Å². The summed E-state index contributed by atoms with van der Waals surface area (Å²) < 4.78 is 1.09. The van der Waals surface area contributed by atoms with E-state index in [4.69, 9.17) is 5.73 Å². The monoisotopic (exact) mass is 277 g/mol. The summed E-state index contributed by atoms with van der Waals surface area (Å²) in [4.78, 5) is 0. The van der Waals surface area contributed by atoms with Crippen LogP contribution in [0.1, 0.15) is 11.6 Å². The lowest BCUT2D eigenvalue weighted by molar-refractivity contribution is 0.837. The van der Waals surface area contributed by atoms with Gasteiger partial charge in [-0.3, -0.25) is 0 Å². The molecule has 0 saturated heterocycles. The van der Waals surface area contributed by atoms with Crippen LogP contribution in [-0.2, 0) is 0 Å². The normalized spacial score (nSPS) is 13.0. The zero-order chi connectivity index (χ0) is 8.27. The number of nitrogens with two attached hydrogens (primary N) is 1. The molecule has 1 aromatic carbocycles. The lowest BCUT2D eigenvalue weighted by atomic mass is 10.1. The van der Waals surface area contributed by atoms with Gasteiger partial charge in [-0.25, -0.2) is 0 Å². The molecule has 0 aliphatic carbocycles. The highest BCUT2D eigenvalue weighted by Gasteiger charge is 2.01. The van der Waals surface area contributed by atoms with Crippen molar-refractivity contribution in [3.8, 4) is 0 Å². The number of rotatable bonds is 2. The molecule has 0 radical (unpaired) electrons. The Hall–Kier alpha value is 0.140. The van der Waals surface area contributed by atoms with Crippen molar-refractivity contribution in [1.29, 1.82) is 0 Å². The highest BCUT2D eigenvalue weighted by molar-refractivity contribution is 9.10. The maximum absolute atomic E-state index is 5.78. The first-order chi connectivity index (χ1) is 5.24. The van der Waals surface area contributed by atoms with Crippen molar-refractivity contribution in [3.05, 3.63) is 34.3 Å². The molecule has 0 aromatic heterocycles. The number of halogens is 2.